The molecule has 1 aliphatic rings. The van der Waals surface area contributed by atoms with Crippen molar-refractivity contribution >= 4 is 23.4 Å². The van der Waals surface area contributed by atoms with E-state index in [1.165, 1.54) is 6.07 Å². The summed E-state index contributed by atoms with van der Waals surface area (Å²) in [6.45, 7) is -0.377. The highest BCUT2D eigenvalue weighted by Crippen LogP contribution is 2.36. The van der Waals surface area contributed by atoms with Gasteiger partial charge < -0.3 is 10.6 Å². The van der Waals surface area contributed by atoms with Gasteiger partial charge in [0.15, 0.2) is 0 Å². The molecule has 1 aromatic rings. The zero-order valence-electron chi connectivity index (χ0n) is 12.4. The van der Waals surface area contributed by atoms with E-state index in [1.807, 2.05) is 0 Å². The Kier molecular flexibility index (Phi) is 5.69. The van der Waals surface area contributed by atoms with Crippen molar-refractivity contribution in [1.82, 2.24) is 10.6 Å². The van der Waals surface area contributed by atoms with Gasteiger partial charge in [0.1, 0.15) is 12.2 Å². The van der Waals surface area contributed by atoms with Crippen LogP contribution in [0.4, 0.5) is 17.6 Å². The number of halogens is 5. The summed E-state index contributed by atoms with van der Waals surface area (Å²) in [7, 11) is 0. The Bertz CT molecular complexity index is 636. The fraction of sp³-hybridized carbons (Fsp3) is 0.467. The summed E-state index contributed by atoms with van der Waals surface area (Å²) in [6.07, 6.45) is -6.02. The average Bonchev–Trinajstić information content (AvgIpc) is 2.92. The van der Waals surface area contributed by atoms with Crippen LogP contribution in [0.25, 0.3) is 0 Å². The van der Waals surface area contributed by atoms with E-state index < -0.39 is 34.9 Å². The van der Waals surface area contributed by atoms with E-state index in [-0.39, 0.29) is 30.9 Å². The van der Waals surface area contributed by atoms with Crippen LogP contribution < -0.4 is 10.6 Å². The van der Waals surface area contributed by atoms with Gasteiger partial charge in [-0.2, -0.15) is 13.2 Å². The maximum atomic E-state index is 14.0. The smallest absolute Gasteiger partial charge is 0.351 e. The van der Waals surface area contributed by atoms with Crippen LogP contribution in [0.2, 0.25) is 5.02 Å². The maximum Gasteiger partial charge on any atom is 0.417 e. The lowest BCUT2D eigenvalue weighted by Crippen LogP contribution is -2.43. The Morgan fingerprint density at radius 2 is 2.12 bits per heavy atom. The van der Waals surface area contributed by atoms with Gasteiger partial charge in [-0.1, -0.05) is 23.7 Å². The van der Waals surface area contributed by atoms with Gasteiger partial charge in [-0.25, -0.2) is 4.39 Å². The summed E-state index contributed by atoms with van der Waals surface area (Å²) in [5, 5.41) is 4.24. The van der Waals surface area contributed by atoms with E-state index in [0.29, 0.717) is 6.42 Å². The molecule has 0 aromatic heterocycles. The van der Waals surface area contributed by atoms with Gasteiger partial charge in [0.25, 0.3) is 0 Å². The zero-order valence-corrected chi connectivity index (χ0v) is 13.2. The molecule has 0 unspecified atom stereocenters. The van der Waals surface area contributed by atoms with Gasteiger partial charge in [-0.05, 0) is 18.1 Å². The third-order valence-electron chi connectivity index (χ3n) is 3.64. The highest BCUT2D eigenvalue weighted by molar-refractivity contribution is 6.32. The third-order valence-corrected chi connectivity index (χ3v) is 4.08. The largest absolute Gasteiger partial charge is 0.417 e. The number of hydrogen-bond acceptors (Lipinski definition) is 2. The highest BCUT2D eigenvalue weighted by atomic mass is 35.5. The maximum absolute atomic E-state index is 14.0. The Balaban J connectivity index is 1.92. The molecule has 1 saturated heterocycles. The Morgan fingerprint density at radius 1 is 1.42 bits per heavy atom. The summed E-state index contributed by atoms with van der Waals surface area (Å²) in [6, 6.07) is 2.60. The van der Waals surface area contributed by atoms with Crippen molar-refractivity contribution < 1.29 is 27.2 Å². The highest BCUT2D eigenvalue weighted by Gasteiger charge is 2.34. The molecule has 0 aliphatic carbocycles. The minimum absolute atomic E-state index is 0.0161. The van der Waals surface area contributed by atoms with Crippen molar-refractivity contribution in [1.29, 1.82) is 0 Å². The molecule has 0 bridgehead atoms. The number of benzene rings is 1. The molecule has 24 heavy (non-hydrogen) atoms. The molecule has 2 rings (SSSR count). The van der Waals surface area contributed by atoms with Gasteiger partial charge in [-0.3, -0.25) is 9.59 Å². The first-order valence-electron chi connectivity index (χ1n) is 7.24. The van der Waals surface area contributed by atoms with Crippen molar-refractivity contribution in [2.24, 2.45) is 0 Å². The van der Waals surface area contributed by atoms with Crippen LogP contribution in [-0.4, -0.2) is 30.6 Å². The standard InChI is InChI=1S/C15H15ClF4N2O2/c16-13-8(2-1-3-10(13)15(18,19)20)6-9(17)7-21-14(24)11-4-5-12(23)22-11/h1-3,9,11H,4-7H2,(H,21,24)(H,22,23)/t9-,11+/m1/s1. The number of amides is 2. The van der Waals surface area contributed by atoms with Gasteiger partial charge >= 0.3 is 6.18 Å². The van der Waals surface area contributed by atoms with Crippen molar-refractivity contribution in [2.45, 2.75) is 37.7 Å². The quantitative estimate of drug-likeness (QED) is 0.787. The van der Waals surface area contributed by atoms with Crippen LogP contribution in [0.1, 0.15) is 24.0 Å². The van der Waals surface area contributed by atoms with Crippen LogP contribution in [0, 0.1) is 0 Å². The lowest BCUT2D eigenvalue weighted by Gasteiger charge is -2.16. The zero-order chi connectivity index (χ0) is 17.9. The Morgan fingerprint density at radius 3 is 2.71 bits per heavy atom. The van der Waals surface area contributed by atoms with Crippen molar-refractivity contribution in [3.8, 4) is 0 Å². The number of carbonyl (C=O) groups excluding carboxylic acids is 2. The number of hydrogen-bond donors (Lipinski definition) is 2. The molecule has 0 saturated carbocycles. The average molecular weight is 367 g/mol. The van der Waals surface area contributed by atoms with E-state index in [2.05, 4.69) is 10.6 Å². The summed E-state index contributed by atoms with van der Waals surface area (Å²) in [4.78, 5) is 22.7. The summed E-state index contributed by atoms with van der Waals surface area (Å²) < 4.78 is 52.2. The molecule has 1 fully saturated rings. The number of alkyl halides is 4. The molecule has 2 N–H and O–H groups in total. The lowest BCUT2D eigenvalue weighted by molar-refractivity contribution is -0.137. The minimum Gasteiger partial charge on any atom is -0.351 e. The minimum atomic E-state index is -4.62. The van der Waals surface area contributed by atoms with E-state index in [1.54, 1.807) is 0 Å². The molecule has 4 nitrogen and oxygen atoms in total. The molecule has 2 amide bonds. The normalized spacial score (nSPS) is 19.0. The molecule has 132 valence electrons. The van der Waals surface area contributed by atoms with Crippen molar-refractivity contribution in [2.75, 3.05) is 6.54 Å². The van der Waals surface area contributed by atoms with Crippen LogP contribution in [0.15, 0.2) is 18.2 Å². The van der Waals surface area contributed by atoms with E-state index in [0.717, 1.165) is 12.1 Å². The van der Waals surface area contributed by atoms with Crippen LogP contribution in [-0.2, 0) is 22.2 Å². The summed E-state index contributed by atoms with van der Waals surface area (Å²) in [5.74, 6) is -0.763. The molecule has 1 aliphatic heterocycles. The molecule has 1 heterocycles. The number of nitrogens with one attached hydrogen (secondary N) is 2. The Labute approximate surface area is 140 Å². The second-order valence-electron chi connectivity index (χ2n) is 5.48. The summed E-state index contributed by atoms with van der Waals surface area (Å²) in [5.41, 5.74) is -1.01. The number of carbonyl (C=O) groups is 2. The molecule has 0 spiro atoms. The second-order valence-corrected chi connectivity index (χ2v) is 5.86. The van der Waals surface area contributed by atoms with Gasteiger partial charge in [0, 0.05) is 19.4 Å². The molecule has 1 aromatic carbocycles. The molecular formula is C15H15ClF4N2O2. The molecular weight excluding hydrogens is 352 g/mol. The summed E-state index contributed by atoms with van der Waals surface area (Å²) >= 11 is 5.70. The van der Waals surface area contributed by atoms with Gasteiger partial charge in [0.05, 0.1) is 10.6 Å². The topological polar surface area (TPSA) is 58.2 Å². The van der Waals surface area contributed by atoms with Crippen LogP contribution in [0.3, 0.4) is 0 Å². The molecule has 2 atom stereocenters. The van der Waals surface area contributed by atoms with E-state index in [9.17, 15) is 27.2 Å². The monoisotopic (exact) mass is 366 g/mol. The van der Waals surface area contributed by atoms with Gasteiger partial charge in [-0.15, -0.1) is 0 Å². The SMILES string of the molecule is O=C1CC[C@@H](C(=O)NC[C@H](F)Cc2cccc(C(F)(F)F)c2Cl)N1. The first kappa shape index (κ1) is 18.5. The van der Waals surface area contributed by atoms with E-state index >= 15 is 0 Å². The predicted octanol–water partition coefficient (Wildman–Crippen LogP) is 2.63. The molecule has 9 heteroatoms. The molecule has 0 radical (unpaired) electrons. The number of rotatable bonds is 5. The second kappa shape index (κ2) is 7.38. The third kappa shape index (κ3) is 4.59. The fourth-order valence-corrected chi connectivity index (χ4v) is 2.72. The predicted molar refractivity (Wildman–Crippen MR) is 79.2 cm³/mol. The van der Waals surface area contributed by atoms with Gasteiger partial charge in [0.2, 0.25) is 11.8 Å². The Hall–Kier alpha value is -1.83. The lowest BCUT2D eigenvalue weighted by atomic mass is 10.0. The first-order chi connectivity index (χ1) is 11.2. The first-order valence-corrected chi connectivity index (χ1v) is 7.62. The fourth-order valence-electron chi connectivity index (χ4n) is 2.41. The van der Waals surface area contributed by atoms with E-state index in [4.69, 9.17) is 11.6 Å². The van der Waals surface area contributed by atoms with Crippen LogP contribution in [0.5, 0.6) is 0 Å². The van der Waals surface area contributed by atoms with Crippen LogP contribution >= 0.6 is 11.6 Å². The van der Waals surface area contributed by atoms with Crippen molar-refractivity contribution in [3.05, 3.63) is 34.3 Å². The van der Waals surface area contributed by atoms with Crippen molar-refractivity contribution in [3.63, 3.8) is 0 Å².